The number of hydrogen-bond acceptors (Lipinski definition) is 3. The Morgan fingerprint density at radius 3 is 2.42 bits per heavy atom. The van der Waals surface area contributed by atoms with E-state index in [-0.39, 0.29) is 11.8 Å². The molecule has 0 saturated heterocycles. The normalized spacial score (nSPS) is 21.0. The van der Waals surface area contributed by atoms with Crippen LogP contribution in [0.1, 0.15) is 58.0 Å². The molecule has 1 aromatic heterocycles. The van der Waals surface area contributed by atoms with Gasteiger partial charge in [-0.2, -0.15) is 0 Å². The number of rotatable bonds is 3. The molecule has 1 heterocycles. The van der Waals surface area contributed by atoms with Crippen molar-refractivity contribution >= 4 is 16.8 Å². The van der Waals surface area contributed by atoms with Gasteiger partial charge in [0.05, 0.1) is 12.1 Å². The molecule has 0 unspecified atom stereocenters. The first-order valence-electron chi connectivity index (χ1n) is 9.73. The Morgan fingerprint density at radius 1 is 1.12 bits per heavy atom. The van der Waals surface area contributed by atoms with Crippen molar-refractivity contribution < 1.29 is 4.79 Å². The zero-order chi connectivity index (χ0) is 18.9. The van der Waals surface area contributed by atoms with Gasteiger partial charge in [-0.1, -0.05) is 39.0 Å². The molecule has 26 heavy (non-hydrogen) atoms. The molecule has 1 fully saturated rings. The Kier molecular flexibility index (Phi) is 5.31. The summed E-state index contributed by atoms with van der Waals surface area (Å²) >= 11 is 0. The summed E-state index contributed by atoms with van der Waals surface area (Å²) in [6.07, 6.45) is 4.31. The number of fused-ring (bicyclic) bond motifs is 1. The molecule has 1 aromatic carbocycles. The summed E-state index contributed by atoms with van der Waals surface area (Å²) in [6.45, 7) is 9.41. The van der Waals surface area contributed by atoms with E-state index in [9.17, 15) is 4.79 Å². The van der Waals surface area contributed by atoms with Crippen LogP contribution in [0.2, 0.25) is 0 Å². The van der Waals surface area contributed by atoms with Crippen LogP contribution in [-0.2, 0) is 11.3 Å². The van der Waals surface area contributed by atoms with Crippen molar-refractivity contribution in [3.63, 3.8) is 0 Å². The summed E-state index contributed by atoms with van der Waals surface area (Å²) in [5.74, 6) is 1.84. The molecular weight excluding hydrogens is 322 g/mol. The molecule has 1 amide bonds. The van der Waals surface area contributed by atoms with E-state index in [0.717, 1.165) is 54.0 Å². The summed E-state index contributed by atoms with van der Waals surface area (Å²) in [5, 5.41) is 1.07. The van der Waals surface area contributed by atoms with E-state index in [1.165, 1.54) is 0 Å². The third-order valence-corrected chi connectivity index (χ3v) is 5.90. The fourth-order valence-electron chi connectivity index (χ4n) is 4.17. The Balaban J connectivity index is 1.65. The van der Waals surface area contributed by atoms with Crippen molar-refractivity contribution in [2.45, 2.75) is 59.9 Å². The van der Waals surface area contributed by atoms with Gasteiger partial charge in [-0.25, -0.2) is 9.97 Å². The van der Waals surface area contributed by atoms with Crippen molar-refractivity contribution in [2.75, 3.05) is 7.05 Å². The van der Waals surface area contributed by atoms with Crippen molar-refractivity contribution in [1.82, 2.24) is 14.9 Å². The van der Waals surface area contributed by atoms with Crippen molar-refractivity contribution in [2.24, 2.45) is 17.3 Å². The Labute approximate surface area is 157 Å². The molecule has 1 saturated carbocycles. The number of aryl methyl sites for hydroxylation is 1. The second-order valence-electron chi connectivity index (χ2n) is 8.85. The fourth-order valence-corrected chi connectivity index (χ4v) is 4.17. The molecule has 0 aliphatic heterocycles. The number of para-hydroxylation sites is 1. The average molecular weight is 354 g/mol. The third-order valence-electron chi connectivity index (χ3n) is 5.90. The lowest BCUT2D eigenvalue weighted by Crippen LogP contribution is -2.36. The zero-order valence-corrected chi connectivity index (χ0v) is 16.7. The number of benzene rings is 1. The minimum absolute atomic E-state index is 0.153. The monoisotopic (exact) mass is 353 g/mol. The lowest BCUT2D eigenvalue weighted by Gasteiger charge is -2.37. The second kappa shape index (κ2) is 7.34. The van der Waals surface area contributed by atoms with Crippen LogP contribution < -0.4 is 0 Å². The van der Waals surface area contributed by atoms with Gasteiger partial charge in [0.1, 0.15) is 5.82 Å². The highest BCUT2D eigenvalue weighted by Crippen LogP contribution is 2.40. The highest BCUT2D eigenvalue weighted by molar-refractivity contribution is 5.81. The van der Waals surface area contributed by atoms with E-state index in [0.29, 0.717) is 12.0 Å². The number of aromatic nitrogens is 2. The van der Waals surface area contributed by atoms with E-state index >= 15 is 0 Å². The molecule has 0 radical (unpaired) electrons. The van der Waals surface area contributed by atoms with Crippen LogP contribution in [-0.4, -0.2) is 27.8 Å². The highest BCUT2D eigenvalue weighted by Gasteiger charge is 2.33. The number of amides is 1. The van der Waals surface area contributed by atoms with Crippen LogP contribution >= 0.6 is 0 Å². The van der Waals surface area contributed by atoms with Crippen molar-refractivity contribution in [3.8, 4) is 0 Å². The quantitative estimate of drug-likeness (QED) is 0.800. The molecule has 140 valence electrons. The van der Waals surface area contributed by atoms with E-state index in [4.69, 9.17) is 0 Å². The Morgan fingerprint density at radius 2 is 1.77 bits per heavy atom. The van der Waals surface area contributed by atoms with Gasteiger partial charge in [0.25, 0.3) is 0 Å². The minimum Gasteiger partial charge on any atom is -0.338 e. The second-order valence-corrected chi connectivity index (χ2v) is 8.85. The first kappa shape index (κ1) is 18.8. The number of hydrogen-bond donors (Lipinski definition) is 0. The van der Waals surface area contributed by atoms with Crippen molar-refractivity contribution in [1.29, 1.82) is 0 Å². The van der Waals surface area contributed by atoms with E-state index in [1.54, 1.807) is 0 Å². The molecule has 2 aromatic rings. The predicted octanol–water partition coefficient (Wildman–Crippen LogP) is 4.75. The molecular formula is C22H31N3O. The molecule has 4 heteroatoms. The van der Waals surface area contributed by atoms with Gasteiger partial charge in [-0.3, -0.25) is 4.79 Å². The van der Waals surface area contributed by atoms with Crippen molar-refractivity contribution in [3.05, 3.63) is 35.8 Å². The summed E-state index contributed by atoms with van der Waals surface area (Å²) in [5.41, 5.74) is 2.26. The van der Waals surface area contributed by atoms with Gasteiger partial charge in [0.2, 0.25) is 5.91 Å². The SMILES string of the molecule is Cc1nc(CN(C)C(=O)C2CCC(C(C)(C)C)CC2)nc2ccccc12. The summed E-state index contributed by atoms with van der Waals surface area (Å²) in [6, 6.07) is 8.03. The maximum Gasteiger partial charge on any atom is 0.225 e. The molecule has 0 N–H and O–H groups in total. The number of nitrogens with zero attached hydrogens (tertiary/aromatic N) is 3. The molecule has 0 atom stereocenters. The van der Waals surface area contributed by atoms with Crippen LogP contribution in [0.4, 0.5) is 0 Å². The van der Waals surface area contributed by atoms with Gasteiger partial charge in [0.15, 0.2) is 0 Å². The number of carbonyl (C=O) groups is 1. The van der Waals surface area contributed by atoms with Crippen LogP contribution in [0.3, 0.4) is 0 Å². The van der Waals surface area contributed by atoms with Crippen LogP contribution in [0.25, 0.3) is 10.9 Å². The first-order chi connectivity index (χ1) is 12.3. The molecule has 4 nitrogen and oxygen atoms in total. The fraction of sp³-hybridized carbons (Fsp3) is 0.591. The minimum atomic E-state index is 0.153. The maximum atomic E-state index is 12.9. The summed E-state index contributed by atoms with van der Waals surface area (Å²) in [4.78, 5) is 23.9. The molecule has 3 rings (SSSR count). The lowest BCUT2D eigenvalue weighted by atomic mass is 9.69. The Hall–Kier alpha value is -1.97. The molecule has 1 aliphatic carbocycles. The zero-order valence-electron chi connectivity index (χ0n) is 16.7. The Bertz CT molecular complexity index is 786. The smallest absolute Gasteiger partial charge is 0.225 e. The van der Waals surface area contributed by atoms with Gasteiger partial charge in [0, 0.05) is 24.0 Å². The summed E-state index contributed by atoms with van der Waals surface area (Å²) in [7, 11) is 1.88. The average Bonchev–Trinajstić information content (AvgIpc) is 2.60. The van der Waals surface area contributed by atoms with Crippen LogP contribution in [0, 0.1) is 24.2 Å². The molecule has 0 bridgehead atoms. The van der Waals surface area contributed by atoms with Crippen LogP contribution in [0.5, 0.6) is 0 Å². The van der Waals surface area contributed by atoms with Gasteiger partial charge in [-0.15, -0.1) is 0 Å². The van der Waals surface area contributed by atoms with E-state index < -0.39 is 0 Å². The summed E-state index contributed by atoms with van der Waals surface area (Å²) < 4.78 is 0. The highest BCUT2D eigenvalue weighted by atomic mass is 16.2. The predicted molar refractivity (Wildman–Crippen MR) is 106 cm³/mol. The van der Waals surface area contributed by atoms with Crippen LogP contribution in [0.15, 0.2) is 24.3 Å². The molecule has 0 spiro atoms. The molecule has 1 aliphatic rings. The van der Waals surface area contributed by atoms with Gasteiger partial charge in [-0.05, 0) is 50.0 Å². The third kappa shape index (κ3) is 4.05. The first-order valence-corrected chi connectivity index (χ1v) is 9.73. The van der Waals surface area contributed by atoms with Gasteiger partial charge >= 0.3 is 0 Å². The van der Waals surface area contributed by atoms with E-state index in [2.05, 4.69) is 30.7 Å². The topological polar surface area (TPSA) is 46.1 Å². The standard InChI is InChI=1S/C22H31N3O/c1-15-18-8-6-7-9-19(18)24-20(23-15)14-25(5)21(26)16-10-12-17(13-11-16)22(2,3)4/h6-9,16-17H,10-14H2,1-5H3. The largest absolute Gasteiger partial charge is 0.338 e. The lowest BCUT2D eigenvalue weighted by molar-refractivity contribution is -0.136. The van der Waals surface area contributed by atoms with Gasteiger partial charge < -0.3 is 4.90 Å². The van der Waals surface area contributed by atoms with E-state index in [1.807, 2.05) is 43.1 Å². The number of carbonyl (C=O) groups excluding carboxylic acids is 1. The maximum absolute atomic E-state index is 12.9.